The zero-order valence-electron chi connectivity index (χ0n) is 16.1. The molecule has 4 rings (SSSR count). The normalized spacial score (nSPS) is 21.8. The van der Waals surface area contributed by atoms with Crippen molar-refractivity contribution >= 4 is 17.5 Å². The number of nitrogens with one attached hydrogen (secondary N) is 1. The van der Waals surface area contributed by atoms with E-state index in [1.165, 1.54) is 5.56 Å². The maximum atomic E-state index is 13.0. The minimum Gasteiger partial charge on any atom is -0.497 e. The molecular weight excluding hydrogens is 352 g/mol. The van der Waals surface area contributed by atoms with Crippen LogP contribution in [-0.2, 0) is 9.59 Å². The van der Waals surface area contributed by atoms with Gasteiger partial charge in [0.2, 0.25) is 11.8 Å². The van der Waals surface area contributed by atoms with E-state index in [9.17, 15) is 9.59 Å². The summed E-state index contributed by atoms with van der Waals surface area (Å²) in [5, 5.41) is 3.01. The lowest BCUT2D eigenvalue weighted by Crippen LogP contribution is -2.47. The number of piperidine rings is 1. The Kier molecular flexibility index (Phi) is 5.33. The lowest BCUT2D eigenvalue weighted by molar-refractivity contribution is -0.136. The van der Waals surface area contributed by atoms with E-state index < -0.39 is 0 Å². The Morgan fingerprint density at radius 1 is 1.00 bits per heavy atom. The second kappa shape index (κ2) is 8.05. The Labute approximate surface area is 165 Å². The number of benzene rings is 2. The van der Waals surface area contributed by atoms with Gasteiger partial charge in [0.1, 0.15) is 5.75 Å². The Balaban J connectivity index is 1.51. The Morgan fingerprint density at radius 2 is 1.79 bits per heavy atom. The molecule has 1 saturated carbocycles. The van der Waals surface area contributed by atoms with Crippen LogP contribution in [0.15, 0.2) is 54.6 Å². The van der Waals surface area contributed by atoms with Gasteiger partial charge in [0.05, 0.1) is 13.0 Å². The van der Waals surface area contributed by atoms with Gasteiger partial charge in [-0.15, -0.1) is 0 Å². The van der Waals surface area contributed by atoms with Crippen LogP contribution < -0.4 is 10.1 Å². The molecule has 2 aliphatic rings. The lowest BCUT2D eigenvalue weighted by atomic mass is 9.83. The summed E-state index contributed by atoms with van der Waals surface area (Å²) < 4.78 is 5.23. The highest BCUT2D eigenvalue weighted by molar-refractivity contribution is 5.93. The molecule has 5 heteroatoms. The van der Waals surface area contributed by atoms with Crippen LogP contribution in [0.4, 0.5) is 5.69 Å². The maximum Gasteiger partial charge on any atom is 0.229 e. The number of hydrogen-bond acceptors (Lipinski definition) is 3. The average molecular weight is 378 g/mol. The van der Waals surface area contributed by atoms with Crippen molar-refractivity contribution in [2.75, 3.05) is 25.5 Å². The van der Waals surface area contributed by atoms with Crippen molar-refractivity contribution in [2.45, 2.75) is 25.2 Å². The Bertz CT molecular complexity index is 848. The SMILES string of the molecule is COc1cccc(NC(=O)C2CC(c3ccccc3)CN(C(=O)C3CC3)C2)c1. The van der Waals surface area contributed by atoms with Gasteiger partial charge in [-0.05, 0) is 37.0 Å². The van der Waals surface area contributed by atoms with Gasteiger partial charge >= 0.3 is 0 Å². The lowest BCUT2D eigenvalue weighted by Gasteiger charge is -2.37. The molecule has 1 N–H and O–H groups in total. The molecule has 0 bridgehead atoms. The van der Waals surface area contributed by atoms with E-state index in [1.54, 1.807) is 7.11 Å². The van der Waals surface area contributed by atoms with Gasteiger partial charge in [-0.2, -0.15) is 0 Å². The maximum absolute atomic E-state index is 13.0. The van der Waals surface area contributed by atoms with E-state index in [4.69, 9.17) is 4.74 Å². The van der Waals surface area contributed by atoms with Gasteiger partial charge in [-0.3, -0.25) is 9.59 Å². The van der Waals surface area contributed by atoms with E-state index in [2.05, 4.69) is 17.4 Å². The summed E-state index contributed by atoms with van der Waals surface area (Å²) in [5.74, 6) is 0.986. The summed E-state index contributed by atoms with van der Waals surface area (Å²) in [6.07, 6.45) is 2.70. The summed E-state index contributed by atoms with van der Waals surface area (Å²) >= 11 is 0. The van der Waals surface area contributed by atoms with Crippen LogP contribution in [0.1, 0.15) is 30.7 Å². The third-order valence-electron chi connectivity index (χ3n) is 5.67. The topological polar surface area (TPSA) is 58.6 Å². The van der Waals surface area contributed by atoms with Crippen LogP contribution >= 0.6 is 0 Å². The molecule has 0 spiro atoms. The van der Waals surface area contributed by atoms with Gasteiger partial charge in [-0.25, -0.2) is 0 Å². The van der Waals surface area contributed by atoms with Crippen molar-refractivity contribution in [2.24, 2.45) is 11.8 Å². The monoisotopic (exact) mass is 378 g/mol. The highest BCUT2D eigenvalue weighted by Crippen LogP contribution is 2.36. The molecule has 2 aromatic carbocycles. The predicted molar refractivity (Wildman–Crippen MR) is 108 cm³/mol. The number of rotatable bonds is 5. The van der Waals surface area contributed by atoms with E-state index >= 15 is 0 Å². The fourth-order valence-electron chi connectivity index (χ4n) is 3.97. The minimum atomic E-state index is -0.229. The first kappa shape index (κ1) is 18.5. The van der Waals surface area contributed by atoms with Crippen molar-refractivity contribution in [3.05, 3.63) is 60.2 Å². The second-order valence-corrected chi connectivity index (χ2v) is 7.78. The molecular formula is C23H26N2O3. The molecule has 2 fully saturated rings. The molecule has 2 aromatic rings. The van der Waals surface area contributed by atoms with Crippen molar-refractivity contribution in [3.8, 4) is 5.75 Å². The smallest absolute Gasteiger partial charge is 0.229 e. The predicted octanol–water partition coefficient (Wildman–Crippen LogP) is 3.68. The number of carbonyl (C=O) groups is 2. The number of ether oxygens (including phenoxy) is 1. The largest absolute Gasteiger partial charge is 0.497 e. The molecule has 0 radical (unpaired) electrons. The van der Waals surface area contributed by atoms with Gasteiger partial charge in [-0.1, -0.05) is 36.4 Å². The standard InChI is InChI=1S/C23H26N2O3/c1-28-21-9-5-8-20(13-21)24-22(26)19-12-18(16-6-3-2-4-7-16)14-25(15-19)23(27)17-10-11-17/h2-9,13,17-19H,10-12,14-15H2,1H3,(H,24,26). The van der Waals surface area contributed by atoms with Crippen LogP contribution in [-0.4, -0.2) is 36.9 Å². The van der Waals surface area contributed by atoms with Crippen LogP contribution in [0, 0.1) is 11.8 Å². The average Bonchev–Trinajstić information content (AvgIpc) is 3.59. The second-order valence-electron chi connectivity index (χ2n) is 7.78. The molecule has 1 heterocycles. The zero-order chi connectivity index (χ0) is 19.5. The van der Waals surface area contributed by atoms with Crippen LogP contribution in [0.3, 0.4) is 0 Å². The van der Waals surface area contributed by atoms with Crippen molar-refractivity contribution in [1.82, 2.24) is 4.90 Å². The first-order valence-electron chi connectivity index (χ1n) is 9.92. The number of amides is 2. The van der Waals surface area contributed by atoms with Crippen molar-refractivity contribution in [3.63, 3.8) is 0 Å². The molecule has 146 valence electrons. The Morgan fingerprint density at radius 3 is 2.50 bits per heavy atom. The van der Waals surface area contributed by atoms with Crippen LogP contribution in [0.2, 0.25) is 0 Å². The fraction of sp³-hybridized carbons (Fsp3) is 0.391. The molecule has 2 amide bonds. The Hall–Kier alpha value is -2.82. The van der Waals surface area contributed by atoms with Crippen molar-refractivity contribution in [1.29, 1.82) is 0 Å². The number of hydrogen-bond donors (Lipinski definition) is 1. The highest BCUT2D eigenvalue weighted by atomic mass is 16.5. The quantitative estimate of drug-likeness (QED) is 0.864. The first-order chi connectivity index (χ1) is 13.6. The van der Waals surface area contributed by atoms with Gasteiger partial charge in [0, 0.05) is 36.7 Å². The number of nitrogens with zero attached hydrogens (tertiary/aromatic N) is 1. The first-order valence-corrected chi connectivity index (χ1v) is 9.92. The summed E-state index contributed by atoms with van der Waals surface area (Å²) in [7, 11) is 1.61. The summed E-state index contributed by atoms with van der Waals surface area (Å²) in [6.45, 7) is 1.19. The molecule has 5 nitrogen and oxygen atoms in total. The summed E-state index contributed by atoms with van der Waals surface area (Å²) in [4.78, 5) is 27.6. The molecule has 1 saturated heterocycles. The summed E-state index contributed by atoms with van der Waals surface area (Å²) in [6, 6.07) is 17.6. The number of carbonyl (C=O) groups excluding carboxylic acids is 2. The van der Waals surface area contributed by atoms with E-state index in [-0.39, 0.29) is 29.6 Å². The van der Waals surface area contributed by atoms with Crippen LogP contribution in [0.25, 0.3) is 0 Å². The number of anilines is 1. The van der Waals surface area contributed by atoms with Crippen LogP contribution in [0.5, 0.6) is 5.75 Å². The van der Waals surface area contributed by atoms with E-state index in [0.717, 1.165) is 19.3 Å². The molecule has 1 aliphatic heterocycles. The van der Waals surface area contributed by atoms with Gasteiger partial charge in [0.15, 0.2) is 0 Å². The number of methoxy groups -OCH3 is 1. The van der Waals surface area contributed by atoms with Gasteiger partial charge < -0.3 is 15.0 Å². The zero-order valence-corrected chi connectivity index (χ0v) is 16.1. The molecule has 0 aromatic heterocycles. The molecule has 1 aliphatic carbocycles. The third-order valence-corrected chi connectivity index (χ3v) is 5.67. The van der Waals surface area contributed by atoms with E-state index in [0.29, 0.717) is 24.5 Å². The van der Waals surface area contributed by atoms with Gasteiger partial charge in [0.25, 0.3) is 0 Å². The fourth-order valence-corrected chi connectivity index (χ4v) is 3.97. The van der Waals surface area contributed by atoms with E-state index in [1.807, 2.05) is 47.4 Å². The third kappa shape index (κ3) is 4.19. The summed E-state index contributed by atoms with van der Waals surface area (Å²) in [5.41, 5.74) is 1.90. The van der Waals surface area contributed by atoms with Crippen molar-refractivity contribution < 1.29 is 14.3 Å². The molecule has 28 heavy (non-hydrogen) atoms. The molecule has 2 atom stereocenters. The minimum absolute atomic E-state index is 0.0394. The number of likely N-dealkylation sites (tertiary alicyclic amines) is 1. The highest BCUT2D eigenvalue weighted by Gasteiger charge is 2.39. The molecule has 2 unspecified atom stereocenters.